The molecule has 0 unspecified atom stereocenters. The van der Waals surface area contributed by atoms with Crippen molar-refractivity contribution in [2.75, 3.05) is 14.2 Å². The van der Waals surface area contributed by atoms with Gasteiger partial charge in [-0.3, -0.25) is 9.63 Å². The number of rotatable bonds is 4. The summed E-state index contributed by atoms with van der Waals surface area (Å²) in [5.41, 5.74) is 0. The minimum Gasteiger partial charge on any atom is -0.275 e. The van der Waals surface area contributed by atoms with E-state index in [0.29, 0.717) is 6.42 Å². The normalized spacial score (nSPS) is 16.9. The molecule has 0 radical (unpaired) electrons. The van der Waals surface area contributed by atoms with Gasteiger partial charge in [-0.25, -0.2) is 5.06 Å². The second kappa shape index (κ2) is 5.13. The number of hydrogen-bond donors (Lipinski definition) is 0. The Morgan fingerprint density at radius 3 is 2.73 bits per heavy atom. The molecule has 11 heavy (non-hydrogen) atoms. The summed E-state index contributed by atoms with van der Waals surface area (Å²) in [6.45, 7) is 3.56. The molecule has 1 amide bonds. The zero-order valence-corrected chi connectivity index (χ0v) is 7.68. The Labute approximate surface area is 69.7 Å². The van der Waals surface area contributed by atoms with E-state index < -0.39 is 5.89 Å². The van der Waals surface area contributed by atoms with Crippen LogP contribution in [-0.2, 0) is 9.63 Å². The van der Waals surface area contributed by atoms with Crippen molar-refractivity contribution in [2.45, 2.75) is 26.7 Å². The van der Waals surface area contributed by atoms with Gasteiger partial charge >= 0.3 is 0 Å². The van der Waals surface area contributed by atoms with Gasteiger partial charge in [0.1, 0.15) is 0 Å². The van der Waals surface area contributed by atoms with Gasteiger partial charge in [-0.05, 0) is 6.42 Å². The fraction of sp³-hybridized carbons (Fsp3) is 0.875. The Morgan fingerprint density at radius 2 is 2.36 bits per heavy atom. The largest absolute Gasteiger partial charge is 0.275 e. The summed E-state index contributed by atoms with van der Waals surface area (Å²) in [7, 11) is 2.94. The van der Waals surface area contributed by atoms with E-state index in [4.69, 9.17) is 6.21 Å². The molecule has 0 saturated carbocycles. The fourth-order valence-electron chi connectivity index (χ4n) is 0.834. The summed E-state index contributed by atoms with van der Waals surface area (Å²) in [5.74, 6) is -1.36. The first-order valence-corrected chi connectivity index (χ1v) is 3.78. The third-order valence-corrected chi connectivity index (χ3v) is 1.55. The molecule has 0 rings (SSSR count). The lowest BCUT2D eigenvalue weighted by atomic mass is 10.1. The van der Waals surface area contributed by atoms with E-state index in [1.807, 2.05) is 6.92 Å². The standard InChI is InChI=1S/C8H17NO2/c1-5-6-7(2)8(10)9(3)11-4/h7H,5-6H2,1-4H3/t7-/m0/s1/i7D. The molecule has 0 spiro atoms. The molecular formula is C8H17NO2. The third kappa shape index (κ3) is 3.37. The van der Waals surface area contributed by atoms with Gasteiger partial charge < -0.3 is 0 Å². The van der Waals surface area contributed by atoms with Crippen LogP contribution in [0.25, 0.3) is 0 Å². The highest BCUT2D eigenvalue weighted by atomic mass is 16.7. The van der Waals surface area contributed by atoms with E-state index in [0.717, 1.165) is 11.5 Å². The molecule has 0 aromatic rings. The molecule has 0 saturated heterocycles. The molecule has 0 aliphatic heterocycles. The Bertz CT molecular complexity index is 159. The third-order valence-electron chi connectivity index (χ3n) is 1.55. The van der Waals surface area contributed by atoms with Crippen LogP contribution in [0.15, 0.2) is 0 Å². The maximum absolute atomic E-state index is 11.4. The van der Waals surface area contributed by atoms with Crippen molar-refractivity contribution in [3.05, 3.63) is 0 Å². The van der Waals surface area contributed by atoms with E-state index in [-0.39, 0.29) is 5.91 Å². The van der Waals surface area contributed by atoms with Gasteiger partial charge in [-0.1, -0.05) is 20.3 Å². The van der Waals surface area contributed by atoms with Crippen LogP contribution in [0.1, 0.15) is 28.1 Å². The molecule has 0 fully saturated rings. The zero-order chi connectivity index (χ0) is 9.78. The van der Waals surface area contributed by atoms with E-state index in [2.05, 4.69) is 0 Å². The van der Waals surface area contributed by atoms with Crippen molar-refractivity contribution in [1.29, 1.82) is 0 Å². The maximum atomic E-state index is 11.4. The van der Waals surface area contributed by atoms with Crippen molar-refractivity contribution in [3.63, 3.8) is 0 Å². The molecular weight excluding hydrogens is 142 g/mol. The second-order valence-corrected chi connectivity index (χ2v) is 2.52. The topological polar surface area (TPSA) is 29.5 Å². The van der Waals surface area contributed by atoms with Crippen LogP contribution in [-0.4, -0.2) is 25.1 Å². The maximum Gasteiger partial charge on any atom is 0.248 e. The van der Waals surface area contributed by atoms with Crippen LogP contribution in [0.5, 0.6) is 0 Å². The van der Waals surface area contributed by atoms with Gasteiger partial charge in [-0.15, -0.1) is 0 Å². The Kier molecular flexibility index (Phi) is 3.98. The quantitative estimate of drug-likeness (QED) is 0.582. The molecule has 1 atom stereocenters. The minimum atomic E-state index is -1.06. The lowest BCUT2D eigenvalue weighted by molar-refractivity contribution is -0.173. The number of hydroxylamine groups is 2. The number of nitrogens with zero attached hydrogens (tertiary/aromatic N) is 1. The van der Waals surface area contributed by atoms with Crippen LogP contribution < -0.4 is 0 Å². The number of carbonyl (C=O) groups is 1. The molecule has 3 nitrogen and oxygen atoms in total. The van der Waals surface area contributed by atoms with Gasteiger partial charge in [-0.2, -0.15) is 0 Å². The van der Waals surface area contributed by atoms with Gasteiger partial charge in [0.2, 0.25) is 5.91 Å². The van der Waals surface area contributed by atoms with Gasteiger partial charge in [0.25, 0.3) is 0 Å². The summed E-state index contributed by atoms with van der Waals surface area (Å²) < 4.78 is 7.69. The van der Waals surface area contributed by atoms with Crippen LogP contribution in [0.3, 0.4) is 0 Å². The average molecular weight is 160 g/mol. The monoisotopic (exact) mass is 160 g/mol. The lowest BCUT2D eigenvalue weighted by Crippen LogP contribution is -2.30. The molecule has 0 aromatic carbocycles. The van der Waals surface area contributed by atoms with Crippen LogP contribution >= 0.6 is 0 Å². The first kappa shape index (κ1) is 8.53. The lowest BCUT2D eigenvalue weighted by Gasteiger charge is -2.17. The predicted octanol–water partition coefficient (Wildman–Crippen LogP) is 1.44. The Balaban J connectivity index is 4.24. The van der Waals surface area contributed by atoms with E-state index in [9.17, 15) is 4.79 Å². The van der Waals surface area contributed by atoms with E-state index >= 15 is 0 Å². The molecule has 0 heterocycles. The Hall–Kier alpha value is -0.570. The first-order valence-electron chi connectivity index (χ1n) is 4.28. The summed E-state index contributed by atoms with van der Waals surface area (Å²) in [6, 6.07) is 0. The molecule has 0 aromatic heterocycles. The van der Waals surface area contributed by atoms with Crippen LogP contribution in [0, 0.1) is 5.89 Å². The fourth-order valence-corrected chi connectivity index (χ4v) is 0.834. The SMILES string of the molecule is [2H][C@](C)(CCC)C(=O)N(C)OC. The smallest absolute Gasteiger partial charge is 0.248 e. The van der Waals surface area contributed by atoms with Gasteiger partial charge in [0.05, 0.1) is 7.11 Å². The summed E-state index contributed by atoms with van der Waals surface area (Å²) >= 11 is 0. The van der Waals surface area contributed by atoms with Crippen LogP contribution in [0.2, 0.25) is 0 Å². The van der Waals surface area contributed by atoms with Gasteiger partial charge in [0, 0.05) is 14.3 Å². The first-order chi connectivity index (χ1) is 5.45. The number of hydrogen-bond acceptors (Lipinski definition) is 2. The molecule has 0 aliphatic carbocycles. The van der Waals surface area contributed by atoms with Crippen molar-refractivity contribution in [2.24, 2.45) is 5.89 Å². The van der Waals surface area contributed by atoms with E-state index in [1.165, 1.54) is 14.2 Å². The summed E-state index contributed by atoms with van der Waals surface area (Å²) in [4.78, 5) is 16.1. The highest BCUT2D eigenvalue weighted by Gasteiger charge is 2.15. The highest BCUT2D eigenvalue weighted by Crippen LogP contribution is 2.07. The van der Waals surface area contributed by atoms with Gasteiger partial charge in [0.15, 0.2) is 0 Å². The van der Waals surface area contributed by atoms with Crippen molar-refractivity contribution in [3.8, 4) is 0 Å². The predicted molar refractivity (Wildman–Crippen MR) is 43.9 cm³/mol. The van der Waals surface area contributed by atoms with Crippen molar-refractivity contribution in [1.82, 2.24) is 5.06 Å². The average Bonchev–Trinajstić information content (AvgIpc) is 2.01. The Morgan fingerprint density at radius 1 is 1.82 bits per heavy atom. The van der Waals surface area contributed by atoms with Crippen LogP contribution in [0.4, 0.5) is 0 Å². The van der Waals surface area contributed by atoms with Crippen molar-refractivity contribution < 1.29 is 11.0 Å². The molecule has 0 aliphatic rings. The molecule has 66 valence electrons. The minimum absolute atomic E-state index is 0.299. The summed E-state index contributed by atoms with van der Waals surface area (Å²) in [5, 5.41) is 1.10. The summed E-state index contributed by atoms with van der Waals surface area (Å²) in [6.07, 6.45) is 1.38. The number of amides is 1. The molecule has 0 bridgehead atoms. The van der Waals surface area contributed by atoms with Crippen molar-refractivity contribution >= 4 is 5.91 Å². The van der Waals surface area contributed by atoms with E-state index in [1.54, 1.807) is 6.92 Å². The number of carbonyl (C=O) groups excluding carboxylic acids is 1. The molecule has 3 heteroatoms. The molecule has 0 N–H and O–H groups in total. The second-order valence-electron chi connectivity index (χ2n) is 2.52. The zero-order valence-electron chi connectivity index (χ0n) is 8.68. The highest BCUT2D eigenvalue weighted by molar-refractivity contribution is 5.77.